The standard InChI is InChI=1S/C22H26F3N5O/c1-29-11-3-4-15(29)20(31)28-16-12-21(16)9-7-14(8-10-21)26-18-5-2-6-19-27-17(13-30(18)19)22(23,24)25/h2-3,5-6,11,13-16,26H,4,7-10,12H2,1H3,(H,28,31). The molecule has 0 saturated heterocycles. The highest BCUT2D eigenvalue weighted by Gasteiger charge is 2.56. The van der Waals surface area contributed by atoms with Crippen molar-refractivity contribution in [3.8, 4) is 0 Å². The normalized spacial score (nSPS) is 30.2. The average molecular weight is 433 g/mol. The molecule has 3 heterocycles. The van der Waals surface area contributed by atoms with Crippen LogP contribution >= 0.6 is 0 Å². The van der Waals surface area contributed by atoms with Gasteiger partial charge in [-0.05, 0) is 62.3 Å². The SMILES string of the molecule is CN1C=CCC1C(=O)NC1CC12CCC(Nc1cccc3nc(C(F)(F)F)cn13)CC2. The zero-order valence-corrected chi connectivity index (χ0v) is 17.3. The van der Waals surface area contributed by atoms with Gasteiger partial charge in [0.25, 0.3) is 0 Å². The van der Waals surface area contributed by atoms with Crippen LogP contribution in [0, 0.1) is 5.41 Å². The van der Waals surface area contributed by atoms with Crippen molar-refractivity contribution >= 4 is 17.4 Å². The van der Waals surface area contributed by atoms with E-state index >= 15 is 0 Å². The fourth-order valence-electron chi connectivity index (χ4n) is 5.10. The van der Waals surface area contributed by atoms with Crippen molar-refractivity contribution in [2.75, 3.05) is 12.4 Å². The number of imidazole rings is 1. The Morgan fingerprint density at radius 1 is 1.26 bits per heavy atom. The topological polar surface area (TPSA) is 61.7 Å². The van der Waals surface area contributed by atoms with Crippen LogP contribution < -0.4 is 10.6 Å². The fraction of sp³-hybridized carbons (Fsp3) is 0.545. The summed E-state index contributed by atoms with van der Waals surface area (Å²) in [6, 6.07) is 5.40. The van der Waals surface area contributed by atoms with Crippen LogP contribution in [0.4, 0.5) is 19.0 Å². The van der Waals surface area contributed by atoms with Crippen molar-refractivity contribution in [3.63, 3.8) is 0 Å². The van der Waals surface area contributed by atoms with Gasteiger partial charge in [0.15, 0.2) is 5.69 Å². The van der Waals surface area contributed by atoms with Crippen molar-refractivity contribution in [1.82, 2.24) is 19.6 Å². The molecular weight excluding hydrogens is 407 g/mol. The first kappa shape index (κ1) is 20.2. The largest absolute Gasteiger partial charge is 0.434 e. The first-order chi connectivity index (χ1) is 14.7. The third-order valence-electron chi connectivity index (χ3n) is 7.12. The summed E-state index contributed by atoms with van der Waals surface area (Å²) in [6.07, 6.45) is 6.17. The minimum atomic E-state index is -4.46. The molecule has 5 rings (SSSR count). The molecule has 31 heavy (non-hydrogen) atoms. The van der Waals surface area contributed by atoms with E-state index in [9.17, 15) is 18.0 Å². The molecule has 9 heteroatoms. The van der Waals surface area contributed by atoms with Gasteiger partial charge < -0.3 is 15.5 Å². The maximum atomic E-state index is 13.0. The van der Waals surface area contributed by atoms with E-state index in [-0.39, 0.29) is 35.1 Å². The minimum absolute atomic E-state index is 0.0990. The highest BCUT2D eigenvalue weighted by molar-refractivity contribution is 5.83. The van der Waals surface area contributed by atoms with E-state index in [4.69, 9.17) is 0 Å². The van der Waals surface area contributed by atoms with Gasteiger partial charge in [0.05, 0.1) is 0 Å². The molecule has 2 aromatic heterocycles. The lowest BCUT2D eigenvalue weighted by atomic mass is 9.82. The van der Waals surface area contributed by atoms with Crippen molar-refractivity contribution in [2.24, 2.45) is 5.41 Å². The molecule has 2 aliphatic carbocycles. The Morgan fingerprint density at radius 2 is 2.03 bits per heavy atom. The Hall–Kier alpha value is -2.71. The number of nitrogens with one attached hydrogen (secondary N) is 2. The lowest BCUT2D eigenvalue weighted by Crippen LogP contribution is -2.43. The number of alkyl halides is 3. The maximum absolute atomic E-state index is 13.0. The number of anilines is 1. The highest BCUT2D eigenvalue weighted by Crippen LogP contribution is 2.56. The third-order valence-corrected chi connectivity index (χ3v) is 7.12. The number of halogens is 3. The third kappa shape index (κ3) is 3.74. The minimum Gasteiger partial charge on any atom is -0.369 e. The number of rotatable bonds is 4. The molecule has 1 amide bonds. The molecule has 2 N–H and O–H groups in total. The van der Waals surface area contributed by atoms with Gasteiger partial charge >= 0.3 is 6.18 Å². The second kappa shape index (κ2) is 7.17. The highest BCUT2D eigenvalue weighted by atomic mass is 19.4. The molecule has 166 valence electrons. The van der Waals surface area contributed by atoms with Crippen molar-refractivity contribution in [1.29, 1.82) is 0 Å². The summed E-state index contributed by atoms with van der Waals surface area (Å²) >= 11 is 0. The van der Waals surface area contributed by atoms with E-state index in [2.05, 4.69) is 15.6 Å². The number of carbonyl (C=O) groups excluding carboxylic acids is 1. The van der Waals surface area contributed by atoms with Crippen molar-refractivity contribution in [2.45, 2.75) is 62.8 Å². The molecule has 1 aliphatic heterocycles. The van der Waals surface area contributed by atoms with Gasteiger partial charge in [0.1, 0.15) is 17.5 Å². The van der Waals surface area contributed by atoms with E-state index in [1.54, 1.807) is 18.2 Å². The van der Waals surface area contributed by atoms with Gasteiger partial charge in [-0.2, -0.15) is 13.2 Å². The second-order valence-electron chi connectivity index (χ2n) is 9.11. The Labute approximate surface area is 178 Å². The Morgan fingerprint density at radius 3 is 2.71 bits per heavy atom. The molecule has 2 saturated carbocycles. The predicted molar refractivity (Wildman–Crippen MR) is 110 cm³/mol. The number of hydrogen-bond donors (Lipinski definition) is 2. The summed E-state index contributed by atoms with van der Waals surface area (Å²) < 4.78 is 40.5. The monoisotopic (exact) mass is 433 g/mol. The summed E-state index contributed by atoms with van der Waals surface area (Å²) in [5.41, 5.74) is -0.423. The predicted octanol–water partition coefficient (Wildman–Crippen LogP) is 3.80. The van der Waals surface area contributed by atoms with Gasteiger partial charge in [-0.25, -0.2) is 4.98 Å². The van der Waals surface area contributed by atoms with Crippen LogP contribution in [0.2, 0.25) is 0 Å². The number of nitrogens with zero attached hydrogens (tertiary/aromatic N) is 3. The number of aromatic nitrogens is 2. The van der Waals surface area contributed by atoms with Crippen LogP contribution in [0.3, 0.4) is 0 Å². The first-order valence-electron chi connectivity index (χ1n) is 10.8. The number of pyridine rings is 1. The number of likely N-dealkylation sites (N-methyl/N-ethyl adjacent to an activating group) is 1. The van der Waals surface area contributed by atoms with E-state index in [1.807, 2.05) is 24.2 Å². The van der Waals surface area contributed by atoms with E-state index in [0.717, 1.165) is 44.7 Å². The number of hydrogen-bond acceptors (Lipinski definition) is 4. The molecule has 0 radical (unpaired) electrons. The van der Waals surface area contributed by atoms with Crippen LogP contribution in [0.25, 0.3) is 5.65 Å². The van der Waals surface area contributed by atoms with Gasteiger partial charge in [0.2, 0.25) is 5.91 Å². The van der Waals surface area contributed by atoms with E-state index in [0.29, 0.717) is 5.82 Å². The quantitative estimate of drug-likeness (QED) is 0.770. The summed E-state index contributed by atoms with van der Waals surface area (Å²) in [4.78, 5) is 18.2. The Kier molecular flexibility index (Phi) is 4.67. The molecule has 0 aromatic carbocycles. The molecule has 6 nitrogen and oxygen atoms in total. The lowest BCUT2D eigenvalue weighted by Gasteiger charge is -2.31. The van der Waals surface area contributed by atoms with Crippen LogP contribution in [-0.4, -0.2) is 45.4 Å². The summed E-state index contributed by atoms with van der Waals surface area (Å²) in [6.45, 7) is 0. The van der Waals surface area contributed by atoms with Gasteiger partial charge in [-0.15, -0.1) is 0 Å². The number of amides is 1. The van der Waals surface area contributed by atoms with Crippen molar-refractivity contribution < 1.29 is 18.0 Å². The zero-order chi connectivity index (χ0) is 21.8. The maximum Gasteiger partial charge on any atom is 0.434 e. The average Bonchev–Trinajstić information content (AvgIpc) is 3.08. The van der Waals surface area contributed by atoms with Crippen LogP contribution in [0.5, 0.6) is 0 Å². The summed E-state index contributed by atoms with van der Waals surface area (Å²) in [5, 5.41) is 6.65. The molecule has 2 atom stereocenters. The molecule has 2 aromatic rings. The van der Waals surface area contributed by atoms with E-state index < -0.39 is 11.9 Å². The van der Waals surface area contributed by atoms with Crippen molar-refractivity contribution in [3.05, 3.63) is 42.4 Å². The zero-order valence-electron chi connectivity index (χ0n) is 17.3. The van der Waals surface area contributed by atoms with Crippen LogP contribution in [-0.2, 0) is 11.0 Å². The Balaban J connectivity index is 1.19. The molecule has 1 spiro atoms. The molecule has 2 unspecified atom stereocenters. The molecular formula is C22H26F3N5O. The van der Waals surface area contributed by atoms with Crippen LogP contribution in [0.15, 0.2) is 36.7 Å². The van der Waals surface area contributed by atoms with E-state index in [1.165, 1.54) is 4.40 Å². The first-order valence-corrected chi connectivity index (χ1v) is 10.8. The number of carbonyl (C=O) groups is 1. The number of fused-ring (bicyclic) bond motifs is 1. The molecule has 0 bridgehead atoms. The van der Waals surface area contributed by atoms with Gasteiger partial charge in [0, 0.05) is 25.3 Å². The lowest BCUT2D eigenvalue weighted by molar-refractivity contribution is -0.140. The Bertz CT molecular complexity index is 1020. The summed E-state index contributed by atoms with van der Waals surface area (Å²) in [7, 11) is 1.92. The second-order valence-corrected chi connectivity index (χ2v) is 9.11. The van der Waals surface area contributed by atoms with Crippen LogP contribution in [0.1, 0.15) is 44.2 Å². The summed E-state index contributed by atoms with van der Waals surface area (Å²) in [5.74, 6) is 0.723. The molecule has 2 fully saturated rings. The molecule has 3 aliphatic rings. The van der Waals surface area contributed by atoms with Gasteiger partial charge in [-0.1, -0.05) is 12.1 Å². The fourth-order valence-corrected chi connectivity index (χ4v) is 5.10. The smallest absolute Gasteiger partial charge is 0.369 e. The van der Waals surface area contributed by atoms with Gasteiger partial charge in [-0.3, -0.25) is 9.20 Å².